The lowest BCUT2D eigenvalue weighted by Crippen LogP contribution is -2.22. The number of aryl methyl sites for hydroxylation is 2. The van der Waals surface area contributed by atoms with Crippen molar-refractivity contribution in [2.75, 3.05) is 21.3 Å². The summed E-state index contributed by atoms with van der Waals surface area (Å²) in [5, 5.41) is 0. The van der Waals surface area contributed by atoms with Crippen molar-refractivity contribution in [1.29, 1.82) is 0 Å². The van der Waals surface area contributed by atoms with Gasteiger partial charge in [0.25, 0.3) is 5.91 Å². The van der Waals surface area contributed by atoms with Crippen molar-refractivity contribution in [3.63, 3.8) is 0 Å². The van der Waals surface area contributed by atoms with E-state index in [1.54, 1.807) is 37.0 Å². The maximum atomic E-state index is 12.7. The van der Waals surface area contributed by atoms with E-state index in [9.17, 15) is 9.59 Å². The number of benzene rings is 2. The first-order valence-electron chi connectivity index (χ1n) is 9.32. The molecule has 3 aromatic rings. The van der Waals surface area contributed by atoms with Crippen LogP contribution in [0.1, 0.15) is 16.7 Å². The van der Waals surface area contributed by atoms with Crippen LogP contribution in [0.3, 0.4) is 0 Å². The Morgan fingerprint density at radius 2 is 1.77 bits per heavy atom. The van der Waals surface area contributed by atoms with Gasteiger partial charge in [-0.2, -0.15) is 4.99 Å². The first-order valence-corrected chi connectivity index (χ1v) is 10.1. The van der Waals surface area contributed by atoms with Gasteiger partial charge in [-0.1, -0.05) is 17.4 Å². The summed E-state index contributed by atoms with van der Waals surface area (Å²) in [7, 11) is 4.45. The van der Waals surface area contributed by atoms with Crippen LogP contribution in [0.5, 0.6) is 11.5 Å². The lowest BCUT2D eigenvalue weighted by atomic mass is 10.1. The van der Waals surface area contributed by atoms with Crippen LogP contribution in [-0.4, -0.2) is 37.8 Å². The quantitative estimate of drug-likeness (QED) is 0.564. The Morgan fingerprint density at radius 1 is 1.03 bits per heavy atom. The molecule has 0 aliphatic rings. The van der Waals surface area contributed by atoms with Crippen LogP contribution in [0.15, 0.2) is 35.3 Å². The largest absolute Gasteiger partial charge is 0.497 e. The number of nitrogens with zero attached hydrogens (tertiary/aromatic N) is 2. The molecule has 7 nitrogen and oxygen atoms in total. The van der Waals surface area contributed by atoms with E-state index in [4.69, 9.17) is 14.2 Å². The van der Waals surface area contributed by atoms with Gasteiger partial charge in [-0.15, -0.1) is 0 Å². The number of ether oxygens (including phenoxy) is 3. The molecule has 3 rings (SSSR count). The predicted molar refractivity (Wildman–Crippen MR) is 115 cm³/mol. The molecule has 0 saturated heterocycles. The van der Waals surface area contributed by atoms with Crippen LogP contribution in [0.4, 0.5) is 0 Å². The first-order chi connectivity index (χ1) is 14.4. The molecule has 0 radical (unpaired) electrons. The molecule has 30 heavy (non-hydrogen) atoms. The van der Waals surface area contributed by atoms with Crippen molar-refractivity contribution in [3.8, 4) is 11.5 Å². The molecule has 0 N–H and O–H groups in total. The third-order valence-electron chi connectivity index (χ3n) is 4.87. The highest BCUT2D eigenvalue weighted by Gasteiger charge is 2.14. The van der Waals surface area contributed by atoms with Gasteiger partial charge in [-0.3, -0.25) is 9.59 Å². The zero-order chi connectivity index (χ0) is 21.8. The molecule has 0 atom stereocenters. The molecule has 2 aromatic carbocycles. The summed E-state index contributed by atoms with van der Waals surface area (Å²) in [6, 6.07) is 9.32. The number of rotatable bonds is 6. The number of methoxy groups -OCH3 is 3. The van der Waals surface area contributed by atoms with Crippen molar-refractivity contribution < 1.29 is 23.8 Å². The van der Waals surface area contributed by atoms with E-state index >= 15 is 0 Å². The Bertz CT molecular complexity index is 1180. The summed E-state index contributed by atoms with van der Waals surface area (Å²) in [5.74, 6) is 0.463. The lowest BCUT2D eigenvalue weighted by molar-refractivity contribution is -0.141. The SMILES string of the molecule is COC(=O)Cn1c(=NC(=O)Cc2ccc(OC)cc2OC)sc2cc(C)c(C)cc21. The fraction of sp³-hybridized carbons (Fsp3) is 0.318. The number of carbonyl (C=O) groups excluding carboxylic acids is 2. The number of carbonyl (C=O) groups is 2. The Kier molecular flexibility index (Phi) is 6.56. The van der Waals surface area contributed by atoms with Crippen molar-refractivity contribution >= 4 is 33.4 Å². The van der Waals surface area contributed by atoms with Gasteiger partial charge in [-0.05, 0) is 43.2 Å². The second-order valence-corrected chi connectivity index (χ2v) is 7.82. The lowest BCUT2D eigenvalue weighted by Gasteiger charge is -2.09. The number of fused-ring (bicyclic) bond motifs is 1. The van der Waals surface area contributed by atoms with E-state index in [0.29, 0.717) is 21.9 Å². The summed E-state index contributed by atoms with van der Waals surface area (Å²) in [5.41, 5.74) is 3.79. The van der Waals surface area contributed by atoms with Gasteiger partial charge in [0.2, 0.25) is 0 Å². The zero-order valence-corrected chi connectivity index (χ0v) is 18.5. The van der Waals surface area contributed by atoms with Gasteiger partial charge in [-0.25, -0.2) is 0 Å². The molecule has 0 bridgehead atoms. The Morgan fingerprint density at radius 3 is 2.43 bits per heavy atom. The predicted octanol–water partition coefficient (Wildman–Crippen LogP) is 3.18. The van der Waals surface area contributed by atoms with Crippen molar-refractivity contribution in [2.45, 2.75) is 26.8 Å². The Hall–Kier alpha value is -3.13. The van der Waals surface area contributed by atoms with E-state index < -0.39 is 5.97 Å². The Balaban J connectivity index is 2.03. The van der Waals surface area contributed by atoms with E-state index in [0.717, 1.165) is 21.3 Å². The number of esters is 1. The van der Waals surface area contributed by atoms with E-state index in [-0.39, 0.29) is 18.9 Å². The van der Waals surface area contributed by atoms with E-state index in [2.05, 4.69) is 4.99 Å². The van der Waals surface area contributed by atoms with Crippen LogP contribution in [-0.2, 0) is 27.3 Å². The molecule has 0 aliphatic heterocycles. The first kappa shape index (κ1) is 21.6. The van der Waals surface area contributed by atoms with Gasteiger partial charge in [0, 0.05) is 11.6 Å². The van der Waals surface area contributed by atoms with Gasteiger partial charge >= 0.3 is 5.97 Å². The van der Waals surface area contributed by atoms with Gasteiger partial charge in [0.1, 0.15) is 18.0 Å². The number of hydrogen-bond acceptors (Lipinski definition) is 6. The normalized spacial score (nSPS) is 11.6. The van der Waals surface area contributed by atoms with Gasteiger partial charge in [0.05, 0.1) is 38.0 Å². The minimum absolute atomic E-state index is 0.0169. The molecule has 0 fully saturated rings. The number of aromatic nitrogens is 1. The highest BCUT2D eigenvalue weighted by Crippen LogP contribution is 2.25. The minimum Gasteiger partial charge on any atom is -0.497 e. The second kappa shape index (κ2) is 9.13. The molecular formula is C22H24N2O5S. The molecule has 0 aliphatic carbocycles. The average molecular weight is 429 g/mol. The van der Waals surface area contributed by atoms with Gasteiger partial charge < -0.3 is 18.8 Å². The summed E-state index contributed by atoms with van der Waals surface area (Å²) in [6.07, 6.45) is 0.0672. The maximum Gasteiger partial charge on any atom is 0.325 e. The van der Waals surface area contributed by atoms with Crippen molar-refractivity contribution in [2.24, 2.45) is 4.99 Å². The standard InChI is InChI=1S/C22H24N2O5S/c1-13-8-17-19(9-14(13)2)30-22(24(17)12-21(26)29-5)23-20(25)10-15-6-7-16(27-3)11-18(15)28-4/h6-9,11H,10,12H2,1-5H3. The Labute approximate surface area is 178 Å². The van der Waals surface area contributed by atoms with E-state index in [1.165, 1.54) is 18.4 Å². The second-order valence-electron chi connectivity index (χ2n) is 6.81. The molecule has 8 heteroatoms. The fourth-order valence-corrected chi connectivity index (χ4v) is 4.19. The number of thiazole rings is 1. The highest BCUT2D eigenvalue weighted by molar-refractivity contribution is 7.16. The molecule has 158 valence electrons. The summed E-state index contributed by atoms with van der Waals surface area (Å²) in [6.45, 7) is 4.01. The minimum atomic E-state index is -0.404. The zero-order valence-electron chi connectivity index (χ0n) is 17.6. The number of hydrogen-bond donors (Lipinski definition) is 0. The number of amides is 1. The van der Waals surface area contributed by atoms with Crippen LogP contribution in [0.2, 0.25) is 0 Å². The maximum absolute atomic E-state index is 12.7. The summed E-state index contributed by atoms with van der Waals surface area (Å²) < 4.78 is 18.1. The van der Waals surface area contributed by atoms with Crippen LogP contribution < -0.4 is 14.3 Å². The highest BCUT2D eigenvalue weighted by atomic mass is 32.1. The third-order valence-corrected chi connectivity index (χ3v) is 5.91. The topological polar surface area (TPSA) is 79.1 Å². The summed E-state index contributed by atoms with van der Waals surface area (Å²) in [4.78, 5) is 29.5. The van der Waals surface area contributed by atoms with Crippen LogP contribution >= 0.6 is 11.3 Å². The fourth-order valence-electron chi connectivity index (χ4n) is 3.06. The molecule has 1 heterocycles. The molecule has 1 aromatic heterocycles. The smallest absolute Gasteiger partial charge is 0.325 e. The molecule has 0 unspecified atom stereocenters. The monoisotopic (exact) mass is 428 g/mol. The van der Waals surface area contributed by atoms with E-state index in [1.807, 2.05) is 26.0 Å². The van der Waals surface area contributed by atoms with Crippen molar-refractivity contribution in [1.82, 2.24) is 4.57 Å². The average Bonchev–Trinajstić information content (AvgIpc) is 3.04. The van der Waals surface area contributed by atoms with Crippen molar-refractivity contribution in [3.05, 3.63) is 51.8 Å². The molecule has 1 amide bonds. The molecule has 0 saturated carbocycles. The van der Waals surface area contributed by atoms with Crippen LogP contribution in [0.25, 0.3) is 10.2 Å². The molecular weight excluding hydrogens is 404 g/mol. The van der Waals surface area contributed by atoms with Crippen LogP contribution in [0, 0.1) is 13.8 Å². The third kappa shape index (κ3) is 4.54. The summed E-state index contributed by atoms with van der Waals surface area (Å²) >= 11 is 1.37. The van der Waals surface area contributed by atoms with Gasteiger partial charge in [0.15, 0.2) is 4.80 Å². The molecule has 0 spiro atoms.